The van der Waals surface area contributed by atoms with Crippen molar-refractivity contribution >= 4 is 5.91 Å². The van der Waals surface area contributed by atoms with E-state index in [1.165, 1.54) is 10.6 Å². The van der Waals surface area contributed by atoms with Crippen LogP contribution in [0.3, 0.4) is 0 Å². The summed E-state index contributed by atoms with van der Waals surface area (Å²) < 4.78 is 9.11. The third-order valence-corrected chi connectivity index (χ3v) is 4.19. The molecule has 0 spiro atoms. The van der Waals surface area contributed by atoms with Crippen LogP contribution in [0.25, 0.3) is 0 Å². The fraction of sp³-hybridized carbons (Fsp3) is 0.471. The van der Waals surface area contributed by atoms with Crippen molar-refractivity contribution in [3.63, 3.8) is 0 Å². The number of amides is 1. The Balaban J connectivity index is 1.68. The molecule has 7 nitrogen and oxygen atoms in total. The van der Waals surface area contributed by atoms with Crippen molar-refractivity contribution in [3.8, 4) is 0 Å². The molecule has 3 rings (SSSR count). The van der Waals surface area contributed by atoms with E-state index in [4.69, 9.17) is 4.74 Å². The van der Waals surface area contributed by atoms with E-state index in [1.807, 2.05) is 17.8 Å². The summed E-state index contributed by atoms with van der Waals surface area (Å²) in [5.41, 5.74) is 0.784. The minimum Gasteiger partial charge on any atom is -0.371 e. The first-order chi connectivity index (χ1) is 11.7. The molecule has 7 heteroatoms. The highest BCUT2D eigenvalue weighted by atomic mass is 16.5. The lowest BCUT2D eigenvalue weighted by molar-refractivity contribution is -0.124. The van der Waals surface area contributed by atoms with Gasteiger partial charge in [0.1, 0.15) is 12.6 Å². The molecule has 0 radical (unpaired) electrons. The smallest absolute Gasteiger partial charge is 0.250 e. The summed E-state index contributed by atoms with van der Waals surface area (Å²) in [6.45, 7) is 3.50. The largest absolute Gasteiger partial charge is 0.371 e. The average Bonchev–Trinajstić information content (AvgIpc) is 3.06. The Morgan fingerprint density at radius 2 is 2.33 bits per heavy atom. The summed E-state index contributed by atoms with van der Waals surface area (Å²) in [4.78, 5) is 24.0. The van der Waals surface area contributed by atoms with E-state index in [0.717, 1.165) is 24.9 Å². The Morgan fingerprint density at radius 3 is 3.08 bits per heavy atom. The van der Waals surface area contributed by atoms with E-state index in [2.05, 4.69) is 10.4 Å². The highest BCUT2D eigenvalue weighted by molar-refractivity contribution is 5.76. The Morgan fingerprint density at radius 1 is 1.46 bits per heavy atom. The number of nitrogens with one attached hydrogen (secondary N) is 1. The molecule has 2 aromatic heterocycles. The van der Waals surface area contributed by atoms with Crippen LogP contribution in [-0.4, -0.2) is 32.9 Å². The number of pyridine rings is 1. The molecule has 1 amide bonds. The van der Waals surface area contributed by atoms with Gasteiger partial charge in [0.25, 0.3) is 5.56 Å². The van der Waals surface area contributed by atoms with Crippen LogP contribution in [0.15, 0.2) is 41.6 Å². The van der Waals surface area contributed by atoms with Crippen LogP contribution in [0, 0.1) is 0 Å². The van der Waals surface area contributed by atoms with Gasteiger partial charge in [-0.05, 0) is 25.8 Å². The summed E-state index contributed by atoms with van der Waals surface area (Å²) in [5.74, 6) is -0.188. The van der Waals surface area contributed by atoms with Crippen molar-refractivity contribution in [2.24, 2.45) is 0 Å². The lowest BCUT2D eigenvalue weighted by Gasteiger charge is -2.31. The van der Waals surface area contributed by atoms with Gasteiger partial charge in [-0.3, -0.25) is 14.3 Å². The molecule has 1 fully saturated rings. The number of carbonyl (C=O) groups is 1. The molecular formula is C17H22N4O3. The van der Waals surface area contributed by atoms with E-state index in [9.17, 15) is 9.59 Å². The van der Waals surface area contributed by atoms with Gasteiger partial charge < -0.3 is 14.6 Å². The van der Waals surface area contributed by atoms with Gasteiger partial charge in [0.2, 0.25) is 5.91 Å². The first kappa shape index (κ1) is 16.4. The van der Waals surface area contributed by atoms with Crippen LogP contribution in [0.2, 0.25) is 0 Å². The molecule has 0 aliphatic carbocycles. The van der Waals surface area contributed by atoms with E-state index < -0.39 is 0 Å². The van der Waals surface area contributed by atoms with Crippen molar-refractivity contribution < 1.29 is 9.53 Å². The molecule has 2 atom stereocenters. The van der Waals surface area contributed by atoms with Crippen molar-refractivity contribution in [3.05, 3.63) is 52.7 Å². The van der Waals surface area contributed by atoms with Crippen molar-refractivity contribution in [1.82, 2.24) is 19.7 Å². The van der Waals surface area contributed by atoms with E-state index in [0.29, 0.717) is 6.61 Å². The molecule has 0 aromatic carbocycles. The SMILES string of the molecule is CCn1cc([C@H]2OCCC[C@@H]2NC(=O)Cn2ccccc2=O)cn1. The molecule has 1 saturated heterocycles. The number of aryl methyl sites for hydroxylation is 1. The highest BCUT2D eigenvalue weighted by Crippen LogP contribution is 2.28. The third-order valence-electron chi connectivity index (χ3n) is 4.19. The number of hydrogen-bond donors (Lipinski definition) is 1. The van der Waals surface area contributed by atoms with Crippen LogP contribution in [-0.2, 0) is 22.6 Å². The molecule has 1 aliphatic rings. The van der Waals surface area contributed by atoms with E-state index in [-0.39, 0.29) is 30.2 Å². The lowest BCUT2D eigenvalue weighted by atomic mass is 9.98. The zero-order valence-electron chi connectivity index (χ0n) is 13.7. The molecule has 1 aliphatic heterocycles. The minimum atomic E-state index is -0.199. The standard InChI is InChI=1S/C17H22N4O3/c1-2-21-11-13(10-18-21)17-14(6-5-9-24-17)19-15(22)12-20-8-4-3-7-16(20)23/h3-4,7-8,10-11,14,17H,2,5-6,9,12H2,1H3,(H,19,22)/t14-,17+/m0/s1. The fourth-order valence-electron chi connectivity index (χ4n) is 2.96. The summed E-state index contributed by atoms with van der Waals surface area (Å²) in [5, 5.41) is 7.29. The average molecular weight is 330 g/mol. The predicted octanol–water partition coefficient (Wildman–Crippen LogP) is 1.10. The van der Waals surface area contributed by atoms with Crippen molar-refractivity contribution in [2.75, 3.05) is 6.61 Å². The third kappa shape index (κ3) is 3.73. The van der Waals surface area contributed by atoms with Gasteiger partial charge in [-0.2, -0.15) is 5.10 Å². The maximum atomic E-state index is 12.3. The molecular weight excluding hydrogens is 308 g/mol. The van der Waals surface area contributed by atoms with E-state index in [1.54, 1.807) is 24.5 Å². The van der Waals surface area contributed by atoms with Gasteiger partial charge in [-0.15, -0.1) is 0 Å². The quantitative estimate of drug-likeness (QED) is 0.890. The molecule has 2 aromatic rings. The Hall–Kier alpha value is -2.41. The van der Waals surface area contributed by atoms with Gasteiger partial charge >= 0.3 is 0 Å². The molecule has 0 bridgehead atoms. The van der Waals surface area contributed by atoms with Gasteiger partial charge in [-0.1, -0.05) is 6.07 Å². The Kier molecular flexibility index (Phi) is 5.10. The van der Waals surface area contributed by atoms with Gasteiger partial charge in [0, 0.05) is 37.2 Å². The van der Waals surface area contributed by atoms with Crippen LogP contribution in [0.5, 0.6) is 0 Å². The van der Waals surface area contributed by atoms with Crippen molar-refractivity contribution in [2.45, 2.75) is 45.0 Å². The second-order valence-electron chi connectivity index (χ2n) is 5.90. The van der Waals surface area contributed by atoms with Crippen LogP contribution < -0.4 is 10.9 Å². The zero-order chi connectivity index (χ0) is 16.9. The van der Waals surface area contributed by atoms with Crippen LogP contribution in [0.4, 0.5) is 0 Å². The van der Waals surface area contributed by atoms with Crippen molar-refractivity contribution in [1.29, 1.82) is 0 Å². The monoisotopic (exact) mass is 330 g/mol. The van der Waals surface area contributed by atoms with E-state index >= 15 is 0 Å². The number of hydrogen-bond acceptors (Lipinski definition) is 4. The molecule has 3 heterocycles. The second kappa shape index (κ2) is 7.44. The Labute approximate surface area is 140 Å². The summed E-state index contributed by atoms with van der Waals surface area (Å²) >= 11 is 0. The maximum Gasteiger partial charge on any atom is 0.250 e. The normalized spacial score (nSPS) is 20.7. The van der Waals surface area contributed by atoms with Gasteiger partial charge in [-0.25, -0.2) is 0 Å². The lowest BCUT2D eigenvalue weighted by Crippen LogP contribution is -2.44. The minimum absolute atomic E-state index is 0.0110. The number of carbonyl (C=O) groups excluding carboxylic acids is 1. The molecule has 0 unspecified atom stereocenters. The highest BCUT2D eigenvalue weighted by Gasteiger charge is 2.29. The van der Waals surface area contributed by atoms with Gasteiger partial charge in [0.05, 0.1) is 12.2 Å². The number of nitrogens with zero attached hydrogens (tertiary/aromatic N) is 3. The number of aromatic nitrogens is 3. The first-order valence-corrected chi connectivity index (χ1v) is 8.26. The number of ether oxygens (including phenoxy) is 1. The summed E-state index contributed by atoms with van der Waals surface area (Å²) in [6.07, 6.45) is 6.90. The molecule has 0 saturated carbocycles. The topological polar surface area (TPSA) is 78.1 Å². The fourth-order valence-corrected chi connectivity index (χ4v) is 2.96. The predicted molar refractivity (Wildman–Crippen MR) is 88.5 cm³/mol. The van der Waals surface area contributed by atoms with Gasteiger partial charge in [0.15, 0.2) is 0 Å². The van der Waals surface area contributed by atoms with Crippen LogP contribution in [0.1, 0.15) is 31.4 Å². The first-order valence-electron chi connectivity index (χ1n) is 8.26. The maximum absolute atomic E-state index is 12.3. The summed E-state index contributed by atoms with van der Waals surface area (Å²) in [6, 6.07) is 4.73. The Bertz CT molecular complexity index is 752. The zero-order valence-corrected chi connectivity index (χ0v) is 13.7. The molecule has 128 valence electrons. The molecule has 24 heavy (non-hydrogen) atoms. The number of rotatable bonds is 5. The van der Waals surface area contributed by atoms with Crippen LogP contribution >= 0.6 is 0 Å². The second-order valence-corrected chi connectivity index (χ2v) is 5.90. The summed E-state index contributed by atoms with van der Waals surface area (Å²) in [7, 11) is 0. The molecule has 1 N–H and O–H groups in total.